The summed E-state index contributed by atoms with van der Waals surface area (Å²) in [7, 11) is 0. The Kier molecular flexibility index (Phi) is 2.47. The maximum atomic E-state index is 9.52. The van der Waals surface area contributed by atoms with Crippen LogP contribution in [0.5, 0.6) is 0 Å². The summed E-state index contributed by atoms with van der Waals surface area (Å²) in [5, 5.41) is 18.9. The molecule has 1 fully saturated rings. The van der Waals surface area contributed by atoms with Crippen LogP contribution in [0.4, 0.5) is 0 Å². The fourth-order valence-electron chi connectivity index (χ4n) is 1.62. The Morgan fingerprint density at radius 3 is 2.09 bits per heavy atom. The van der Waals surface area contributed by atoms with Crippen LogP contribution in [0.15, 0.2) is 25.3 Å². The third-order valence-corrected chi connectivity index (χ3v) is 2.37. The average molecular weight is 154 g/mol. The molecule has 0 saturated heterocycles. The zero-order valence-electron chi connectivity index (χ0n) is 6.48. The summed E-state index contributed by atoms with van der Waals surface area (Å²) in [6, 6.07) is 0. The molecule has 0 amide bonds. The quantitative estimate of drug-likeness (QED) is 0.575. The molecular formula is C9H14O2. The lowest BCUT2D eigenvalue weighted by Gasteiger charge is -2.14. The minimum absolute atomic E-state index is 0.0213. The Labute approximate surface area is 66.9 Å². The van der Waals surface area contributed by atoms with E-state index in [-0.39, 0.29) is 11.8 Å². The first kappa shape index (κ1) is 8.50. The van der Waals surface area contributed by atoms with Gasteiger partial charge < -0.3 is 10.2 Å². The SMILES string of the molecule is C=C[C@H]1[C@H](O)[C@@H](C=C)C[C@@H]1O. The van der Waals surface area contributed by atoms with E-state index in [2.05, 4.69) is 13.2 Å². The summed E-state index contributed by atoms with van der Waals surface area (Å²) in [5.74, 6) is -0.161. The molecule has 0 unspecified atom stereocenters. The van der Waals surface area contributed by atoms with E-state index in [1.54, 1.807) is 12.2 Å². The van der Waals surface area contributed by atoms with Gasteiger partial charge in [0.05, 0.1) is 12.2 Å². The average Bonchev–Trinajstić information content (AvgIpc) is 2.26. The highest BCUT2D eigenvalue weighted by atomic mass is 16.3. The zero-order chi connectivity index (χ0) is 8.43. The smallest absolute Gasteiger partial charge is 0.0690 e. The van der Waals surface area contributed by atoms with Crippen LogP contribution in [0.3, 0.4) is 0 Å². The molecule has 0 aromatic carbocycles. The van der Waals surface area contributed by atoms with Crippen LogP contribution >= 0.6 is 0 Å². The van der Waals surface area contributed by atoms with E-state index in [4.69, 9.17) is 0 Å². The topological polar surface area (TPSA) is 40.5 Å². The molecule has 62 valence electrons. The van der Waals surface area contributed by atoms with Crippen molar-refractivity contribution in [2.75, 3.05) is 0 Å². The molecule has 0 aromatic rings. The number of aliphatic hydroxyl groups is 2. The van der Waals surface area contributed by atoms with Gasteiger partial charge in [-0.2, -0.15) is 0 Å². The second kappa shape index (κ2) is 3.20. The van der Waals surface area contributed by atoms with Gasteiger partial charge in [0.1, 0.15) is 0 Å². The molecule has 1 aliphatic rings. The van der Waals surface area contributed by atoms with E-state index in [0.29, 0.717) is 6.42 Å². The van der Waals surface area contributed by atoms with E-state index in [0.717, 1.165) is 0 Å². The van der Waals surface area contributed by atoms with Crippen LogP contribution in [-0.2, 0) is 0 Å². The number of aliphatic hydroxyl groups excluding tert-OH is 2. The normalized spacial score (nSPS) is 43.8. The Bertz CT molecular complexity index is 165. The van der Waals surface area contributed by atoms with Gasteiger partial charge in [-0.15, -0.1) is 13.2 Å². The first-order valence-electron chi connectivity index (χ1n) is 3.82. The lowest BCUT2D eigenvalue weighted by molar-refractivity contribution is 0.0852. The Morgan fingerprint density at radius 2 is 1.82 bits per heavy atom. The summed E-state index contributed by atoms with van der Waals surface area (Å²) in [6.07, 6.45) is 2.95. The molecule has 1 rings (SSSR count). The molecule has 0 aliphatic heterocycles. The van der Waals surface area contributed by atoms with Crippen molar-refractivity contribution in [1.82, 2.24) is 0 Å². The molecule has 1 saturated carbocycles. The van der Waals surface area contributed by atoms with Crippen LogP contribution in [-0.4, -0.2) is 22.4 Å². The van der Waals surface area contributed by atoms with Crippen molar-refractivity contribution >= 4 is 0 Å². The van der Waals surface area contributed by atoms with Crippen molar-refractivity contribution in [1.29, 1.82) is 0 Å². The van der Waals surface area contributed by atoms with Crippen LogP contribution in [0, 0.1) is 11.8 Å². The van der Waals surface area contributed by atoms with Crippen LogP contribution in [0.25, 0.3) is 0 Å². The molecule has 0 heterocycles. The van der Waals surface area contributed by atoms with Gasteiger partial charge in [-0.25, -0.2) is 0 Å². The summed E-state index contributed by atoms with van der Waals surface area (Å²) in [6.45, 7) is 7.15. The molecule has 2 nitrogen and oxygen atoms in total. The van der Waals surface area contributed by atoms with Gasteiger partial charge in [0, 0.05) is 11.8 Å². The molecule has 2 heteroatoms. The lowest BCUT2D eigenvalue weighted by Crippen LogP contribution is -2.22. The molecule has 1 aliphatic carbocycles. The third kappa shape index (κ3) is 1.37. The van der Waals surface area contributed by atoms with E-state index in [1.807, 2.05) is 0 Å². The lowest BCUT2D eigenvalue weighted by atomic mass is 10.0. The van der Waals surface area contributed by atoms with Crippen molar-refractivity contribution in [2.45, 2.75) is 18.6 Å². The maximum Gasteiger partial charge on any atom is 0.0690 e. The first-order valence-corrected chi connectivity index (χ1v) is 3.82. The summed E-state index contributed by atoms with van der Waals surface area (Å²) < 4.78 is 0. The Balaban J connectivity index is 2.69. The maximum absolute atomic E-state index is 9.52. The van der Waals surface area contributed by atoms with E-state index in [9.17, 15) is 10.2 Å². The van der Waals surface area contributed by atoms with Gasteiger partial charge in [-0.05, 0) is 6.42 Å². The number of rotatable bonds is 2. The number of hydrogen-bond donors (Lipinski definition) is 2. The van der Waals surface area contributed by atoms with Gasteiger partial charge in [0.15, 0.2) is 0 Å². The standard InChI is InChI=1S/C9H14O2/c1-3-6-5-8(10)7(4-2)9(6)11/h3-4,6-11H,1-2,5H2/t6-,7+,8-,9+/m0/s1. The van der Waals surface area contributed by atoms with E-state index < -0.39 is 12.2 Å². The van der Waals surface area contributed by atoms with Crippen LogP contribution in [0.1, 0.15) is 6.42 Å². The molecule has 0 aromatic heterocycles. The minimum Gasteiger partial charge on any atom is -0.392 e. The minimum atomic E-state index is -0.500. The highest BCUT2D eigenvalue weighted by Gasteiger charge is 2.37. The van der Waals surface area contributed by atoms with Gasteiger partial charge in [0.25, 0.3) is 0 Å². The second-order valence-corrected chi connectivity index (χ2v) is 3.01. The molecule has 0 spiro atoms. The fraction of sp³-hybridized carbons (Fsp3) is 0.556. The van der Waals surface area contributed by atoms with Crippen molar-refractivity contribution in [2.24, 2.45) is 11.8 Å². The highest BCUT2D eigenvalue weighted by Crippen LogP contribution is 2.32. The molecule has 0 bridgehead atoms. The van der Waals surface area contributed by atoms with Gasteiger partial charge in [-0.1, -0.05) is 12.2 Å². The first-order chi connectivity index (χ1) is 5.20. The molecule has 0 radical (unpaired) electrons. The largest absolute Gasteiger partial charge is 0.392 e. The zero-order valence-corrected chi connectivity index (χ0v) is 6.48. The third-order valence-electron chi connectivity index (χ3n) is 2.37. The van der Waals surface area contributed by atoms with E-state index >= 15 is 0 Å². The fourth-order valence-corrected chi connectivity index (χ4v) is 1.62. The number of hydrogen-bond acceptors (Lipinski definition) is 2. The predicted octanol–water partition coefficient (Wildman–Crippen LogP) is 0.716. The van der Waals surface area contributed by atoms with Crippen molar-refractivity contribution in [3.05, 3.63) is 25.3 Å². The van der Waals surface area contributed by atoms with Gasteiger partial charge in [0.2, 0.25) is 0 Å². The van der Waals surface area contributed by atoms with Crippen molar-refractivity contribution in [3.63, 3.8) is 0 Å². The summed E-state index contributed by atoms with van der Waals surface area (Å²) >= 11 is 0. The molecule has 2 N–H and O–H groups in total. The molecule has 4 atom stereocenters. The predicted molar refractivity (Wildman–Crippen MR) is 44.0 cm³/mol. The monoisotopic (exact) mass is 154 g/mol. The summed E-state index contributed by atoms with van der Waals surface area (Å²) in [4.78, 5) is 0. The molecule has 11 heavy (non-hydrogen) atoms. The second-order valence-electron chi connectivity index (χ2n) is 3.01. The van der Waals surface area contributed by atoms with Crippen LogP contribution in [0.2, 0.25) is 0 Å². The Hall–Kier alpha value is -0.600. The summed E-state index contributed by atoms with van der Waals surface area (Å²) in [5.41, 5.74) is 0. The van der Waals surface area contributed by atoms with E-state index in [1.165, 1.54) is 0 Å². The Morgan fingerprint density at radius 1 is 1.18 bits per heavy atom. The van der Waals surface area contributed by atoms with Crippen molar-refractivity contribution in [3.8, 4) is 0 Å². The van der Waals surface area contributed by atoms with Gasteiger partial charge in [-0.3, -0.25) is 0 Å². The molecular weight excluding hydrogens is 140 g/mol. The highest BCUT2D eigenvalue weighted by molar-refractivity contribution is 5.04. The van der Waals surface area contributed by atoms with Crippen molar-refractivity contribution < 1.29 is 10.2 Å². The van der Waals surface area contributed by atoms with Crippen LogP contribution < -0.4 is 0 Å². The van der Waals surface area contributed by atoms with Gasteiger partial charge >= 0.3 is 0 Å².